The zero-order valence-electron chi connectivity index (χ0n) is 20.0. The first-order valence-corrected chi connectivity index (χ1v) is 11.6. The van der Waals surface area contributed by atoms with E-state index in [2.05, 4.69) is 58.7 Å². The van der Waals surface area contributed by atoms with Crippen molar-refractivity contribution >= 4 is 0 Å². The van der Waals surface area contributed by atoms with Crippen molar-refractivity contribution in [2.75, 3.05) is 20.7 Å². The minimum atomic E-state index is -0.862. The molecule has 1 aromatic rings. The predicted octanol–water partition coefficient (Wildman–Crippen LogP) is 4.09. The van der Waals surface area contributed by atoms with E-state index in [1.54, 1.807) is 0 Å². The quantitative estimate of drug-likeness (QED) is 0.793. The molecule has 5 rings (SSSR count). The van der Waals surface area contributed by atoms with Crippen LogP contribution in [-0.4, -0.2) is 54.6 Å². The molecule has 7 unspecified atom stereocenters. The van der Waals surface area contributed by atoms with Gasteiger partial charge in [-0.3, -0.25) is 0 Å². The van der Waals surface area contributed by atoms with Crippen molar-refractivity contribution < 1.29 is 14.6 Å². The van der Waals surface area contributed by atoms with Gasteiger partial charge in [0.05, 0.1) is 5.60 Å². The smallest absolute Gasteiger partial charge is 0.136 e. The molecule has 1 aromatic carbocycles. The number of piperidine rings is 1. The molecule has 2 aliphatic heterocycles. The first kappa shape index (κ1) is 20.8. The van der Waals surface area contributed by atoms with Crippen LogP contribution in [0, 0.1) is 23.7 Å². The third kappa shape index (κ3) is 2.18. The molecular formula is C26H39NO3. The lowest BCUT2D eigenvalue weighted by atomic mass is 9.41. The summed E-state index contributed by atoms with van der Waals surface area (Å²) in [5, 5.41) is 11.9. The van der Waals surface area contributed by atoms with Gasteiger partial charge in [-0.2, -0.15) is 0 Å². The minimum absolute atomic E-state index is 0.00999. The van der Waals surface area contributed by atoms with Gasteiger partial charge in [-0.15, -0.1) is 0 Å². The van der Waals surface area contributed by atoms with E-state index in [0.29, 0.717) is 6.04 Å². The van der Waals surface area contributed by atoms with Crippen LogP contribution in [0.3, 0.4) is 0 Å². The largest absolute Gasteiger partial charge is 0.486 e. The standard InChI is InChI=1S/C26H39NO3/c1-15-9-10-16-13-18-24(5)14-17(25(6,28)23(2,3)4)21(29-8)22-26(24,11-12-27(18)7)19(16)20(15)30-22/h9-10,17-18,21-22,28H,11-14H2,1-8H3. The van der Waals surface area contributed by atoms with Crippen LogP contribution in [0.4, 0.5) is 0 Å². The zero-order valence-corrected chi connectivity index (χ0v) is 20.0. The number of hydrogen-bond donors (Lipinski definition) is 1. The van der Waals surface area contributed by atoms with Crippen molar-refractivity contribution in [2.24, 2.45) is 16.7 Å². The third-order valence-corrected chi connectivity index (χ3v) is 10.0. The van der Waals surface area contributed by atoms with Crippen LogP contribution in [0.1, 0.15) is 64.2 Å². The van der Waals surface area contributed by atoms with Crippen LogP contribution in [-0.2, 0) is 16.6 Å². The van der Waals surface area contributed by atoms with Gasteiger partial charge in [0, 0.05) is 30.0 Å². The van der Waals surface area contributed by atoms with E-state index < -0.39 is 5.60 Å². The number of hydrogen-bond acceptors (Lipinski definition) is 4. The van der Waals surface area contributed by atoms with Gasteiger partial charge in [0.25, 0.3) is 0 Å². The molecule has 1 N–H and O–H groups in total. The molecule has 4 nitrogen and oxygen atoms in total. The molecule has 30 heavy (non-hydrogen) atoms. The van der Waals surface area contributed by atoms with Gasteiger partial charge in [0.15, 0.2) is 0 Å². The highest BCUT2D eigenvalue weighted by atomic mass is 16.5. The van der Waals surface area contributed by atoms with Crippen molar-refractivity contribution in [1.29, 1.82) is 0 Å². The Bertz CT molecular complexity index is 887. The van der Waals surface area contributed by atoms with Gasteiger partial charge >= 0.3 is 0 Å². The SMILES string of the molecule is COC1C(C(C)(O)C(C)(C)C)CC2(C)C3Cc4ccc(C)c5c4C2(CCN3C)C1O5. The van der Waals surface area contributed by atoms with Crippen molar-refractivity contribution in [3.63, 3.8) is 0 Å². The fourth-order valence-electron chi connectivity index (χ4n) is 7.77. The van der Waals surface area contributed by atoms with Crippen LogP contribution in [0.25, 0.3) is 0 Å². The minimum Gasteiger partial charge on any atom is -0.486 e. The van der Waals surface area contributed by atoms with Gasteiger partial charge in [0.2, 0.25) is 0 Å². The molecule has 4 aliphatic rings. The van der Waals surface area contributed by atoms with Crippen molar-refractivity contribution in [2.45, 2.75) is 90.1 Å². The molecule has 1 saturated carbocycles. The van der Waals surface area contributed by atoms with E-state index in [1.807, 2.05) is 14.0 Å². The average Bonchev–Trinajstić information content (AvgIpc) is 3.00. The van der Waals surface area contributed by atoms with Crippen LogP contribution in [0.5, 0.6) is 5.75 Å². The topological polar surface area (TPSA) is 41.9 Å². The van der Waals surface area contributed by atoms with Gasteiger partial charge in [-0.1, -0.05) is 39.8 Å². The molecule has 166 valence electrons. The number of likely N-dealkylation sites (N-methyl/N-ethyl adjacent to an activating group) is 1. The average molecular weight is 414 g/mol. The number of methoxy groups -OCH3 is 1. The Morgan fingerprint density at radius 3 is 2.57 bits per heavy atom. The number of aliphatic hydroxyl groups is 1. The first-order valence-electron chi connectivity index (χ1n) is 11.6. The normalized spacial score (nSPS) is 41.8. The van der Waals surface area contributed by atoms with Crippen LogP contribution in [0.15, 0.2) is 12.1 Å². The zero-order chi connectivity index (χ0) is 21.9. The maximum absolute atomic E-state index is 11.9. The van der Waals surface area contributed by atoms with Crippen molar-refractivity contribution in [3.05, 3.63) is 28.8 Å². The number of rotatable bonds is 2. The Balaban J connectivity index is 1.76. The highest BCUT2D eigenvalue weighted by molar-refractivity contribution is 5.59. The summed E-state index contributed by atoms with van der Waals surface area (Å²) < 4.78 is 13.1. The molecule has 0 aromatic heterocycles. The summed E-state index contributed by atoms with van der Waals surface area (Å²) in [7, 11) is 4.10. The van der Waals surface area contributed by atoms with Crippen LogP contribution < -0.4 is 4.74 Å². The maximum Gasteiger partial charge on any atom is 0.136 e. The molecule has 4 heteroatoms. The van der Waals surface area contributed by atoms with Gasteiger partial charge in [-0.05, 0) is 68.7 Å². The lowest BCUT2D eigenvalue weighted by Gasteiger charge is -2.68. The molecule has 2 heterocycles. The monoisotopic (exact) mass is 413 g/mol. The number of ether oxygens (including phenoxy) is 2. The molecule has 1 saturated heterocycles. The number of nitrogens with zero attached hydrogens (tertiary/aromatic N) is 1. The summed E-state index contributed by atoms with van der Waals surface area (Å²) in [5.74, 6) is 1.11. The molecule has 2 bridgehead atoms. The predicted molar refractivity (Wildman–Crippen MR) is 119 cm³/mol. The van der Waals surface area contributed by atoms with E-state index in [0.717, 1.165) is 31.6 Å². The lowest BCUT2D eigenvalue weighted by Crippen LogP contribution is -2.75. The summed E-state index contributed by atoms with van der Waals surface area (Å²) in [6, 6.07) is 5.02. The van der Waals surface area contributed by atoms with Gasteiger partial charge < -0.3 is 19.5 Å². The Kier molecular flexibility index (Phi) is 4.17. The molecule has 1 spiro atoms. The fourth-order valence-corrected chi connectivity index (χ4v) is 7.77. The molecule has 0 amide bonds. The second-order valence-corrected chi connectivity index (χ2v) is 12.0. The molecular weight excluding hydrogens is 374 g/mol. The van der Waals surface area contributed by atoms with E-state index >= 15 is 0 Å². The first-order chi connectivity index (χ1) is 13.9. The van der Waals surface area contributed by atoms with Gasteiger partial charge in [-0.25, -0.2) is 0 Å². The molecule has 2 aliphatic carbocycles. The van der Waals surface area contributed by atoms with E-state index in [1.165, 1.54) is 16.7 Å². The third-order valence-electron chi connectivity index (χ3n) is 10.0. The summed E-state index contributed by atoms with van der Waals surface area (Å²) in [5.41, 5.74) is 3.04. The van der Waals surface area contributed by atoms with E-state index in [4.69, 9.17) is 9.47 Å². The number of aryl methyl sites for hydroxylation is 1. The highest BCUT2D eigenvalue weighted by Gasteiger charge is 2.74. The maximum atomic E-state index is 11.9. The molecule has 2 fully saturated rings. The summed E-state index contributed by atoms with van der Waals surface area (Å²) in [6.45, 7) is 14.2. The Hall–Kier alpha value is -1.10. The number of likely N-dealkylation sites (tertiary alicyclic amines) is 1. The second kappa shape index (κ2) is 6.02. The van der Waals surface area contributed by atoms with Crippen LogP contribution >= 0.6 is 0 Å². The van der Waals surface area contributed by atoms with E-state index in [-0.39, 0.29) is 34.4 Å². The highest BCUT2D eigenvalue weighted by Crippen LogP contribution is 2.70. The lowest BCUT2D eigenvalue weighted by molar-refractivity contribution is -0.229. The van der Waals surface area contributed by atoms with Gasteiger partial charge in [0.1, 0.15) is 18.0 Å². The van der Waals surface area contributed by atoms with Crippen LogP contribution in [0.2, 0.25) is 0 Å². The Morgan fingerprint density at radius 1 is 1.23 bits per heavy atom. The molecule has 7 atom stereocenters. The summed E-state index contributed by atoms with van der Waals surface area (Å²) >= 11 is 0. The second-order valence-electron chi connectivity index (χ2n) is 12.0. The molecule has 0 radical (unpaired) electrons. The Labute approximate surface area is 181 Å². The number of benzene rings is 1. The van der Waals surface area contributed by atoms with Crippen molar-refractivity contribution in [1.82, 2.24) is 4.90 Å². The Morgan fingerprint density at radius 2 is 1.93 bits per heavy atom. The fraction of sp³-hybridized carbons (Fsp3) is 0.769. The van der Waals surface area contributed by atoms with Crippen molar-refractivity contribution in [3.8, 4) is 5.75 Å². The summed E-state index contributed by atoms with van der Waals surface area (Å²) in [4.78, 5) is 2.57. The van der Waals surface area contributed by atoms with E-state index in [9.17, 15) is 5.11 Å². The summed E-state index contributed by atoms with van der Waals surface area (Å²) in [6.07, 6.45) is 2.93.